The molecule has 0 spiro atoms. The fourth-order valence-corrected chi connectivity index (χ4v) is 4.40. The SMILES string of the molecule is COc1cc(N2CCN(C(=O)Cn3nc(I)c4nc(Cl)ccc43)CC2)ccc1Cl. The van der Waals surface area contributed by atoms with E-state index in [1.165, 1.54) is 0 Å². The number of pyridine rings is 1. The third kappa shape index (κ3) is 4.24. The number of methoxy groups -OCH3 is 1. The second-order valence-electron chi connectivity index (χ2n) is 6.64. The third-order valence-corrected chi connectivity index (χ3v) is 6.19. The van der Waals surface area contributed by atoms with Gasteiger partial charge in [-0.15, -0.1) is 0 Å². The molecule has 0 aliphatic carbocycles. The number of rotatable bonds is 4. The van der Waals surface area contributed by atoms with Crippen molar-refractivity contribution in [3.63, 3.8) is 0 Å². The summed E-state index contributed by atoms with van der Waals surface area (Å²) in [6.07, 6.45) is 0. The molecule has 10 heteroatoms. The molecule has 0 atom stereocenters. The van der Waals surface area contributed by atoms with Crippen LogP contribution in [-0.2, 0) is 11.3 Å². The molecule has 1 aliphatic rings. The van der Waals surface area contributed by atoms with E-state index in [4.69, 9.17) is 27.9 Å². The van der Waals surface area contributed by atoms with Crippen LogP contribution in [0.25, 0.3) is 11.0 Å². The number of nitrogens with zero attached hydrogens (tertiary/aromatic N) is 5. The maximum absolute atomic E-state index is 12.8. The lowest BCUT2D eigenvalue weighted by atomic mass is 10.2. The number of halogens is 3. The van der Waals surface area contributed by atoms with Gasteiger partial charge < -0.3 is 14.5 Å². The topological polar surface area (TPSA) is 63.5 Å². The number of benzene rings is 1. The molecule has 0 saturated carbocycles. The van der Waals surface area contributed by atoms with Gasteiger partial charge in [-0.25, -0.2) is 4.98 Å². The molecule has 1 fully saturated rings. The smallest absolute Gasteiger partial charge is 0.244 e. The molecular formula is C19H18Cl2IN5O2. The van der Waals surface area contributed by atoms with E-state index in [0.717, 1.165) is 28.0 Å². The maximum Gasteiger partial charge on any atom is 0.244 e. The van der Waals surface area contributed by atoms with Crippen LogP contribution in [0.1, 0.15) is 0 Å². The van der Waals surface area contributed by atoms with Crippen molar-refractivity contribution in [2.24, 2.45) is 0 Å². The predicted molar refractivity (Wildman–Crippen MR) is 122 cm³/mol. The minimum Gasteiger partial charge on any atom is -0.495 e. The van der Waals surface area contributed by atoms with Gasteiger partial charge in [-0.3, -0.25) is 9.48 Å². The van der Waals surface area contributed by atoms with Gasteiger partial charge in [0.25, 0.3) is 0 Å². The molecule has 1 amide bonds. The molecule has 3 aromatic rings. The second-order valence-corrected chi connectivity index (χ2v) is 8.45. The minimum absolute atomic E-state index is 0.0362. The monoisotopic (exact) mass is 545 g/mol. The van der Waals surface area contributed by atoms with Gasteiger partial charge in [0.2, 0.25) is 5.91 Å². The summed E-state index contributed by atoms with van der Waals surface area (Å²) in [5.41, 5.74) is 2.56. The van der Waals surface area contributed by atoms with Crippen LogP contribution >= 0.6 is 45.8 Å². The Balaban J connectivity index is 1.42. The molecule has 29 heavy (non-hydrogen) atoms. The van der Waals surface area contributed by atoms with Crippen LogP contribution in [0, 0.1) is 3.70 Å². The van der Waals surface area contributed by atoms with Gasteiger partial charge in [0.05, 0.1) is 17.6 Å². The fourth-order valence-electron chi connectivity index (χ4n) is 3.40. The van der Waals surface area contributed by atoms with Crippen LogP contribution in [0.15, 0.2) is 30.3 Å². The zero-order valence-corrected chi connectivity index (χ0v) is 19.3. The lowest BCUT2D eigenvalue weighted by Gasteiger charge is -2.36. The van der Waals surface area contributed by atoms with Crippen LogP contribution in [0.2, 0.25) is 10.2 Å². The van der Waals surface area contributed by atoms with E-state index >= 15 is 0 Å². The van der Waals surface area contributed by atoms with Crippen molar-refractivity contribution in [1.82, 2.24) is 19.7 Å². The van der Waals surface area contributed by atoms with Crippen molar-refractivity contribution in [2.45, 2.75) is 6.54 Å². The van der Waals surface area contributed by atoms with Crippen LogP contribution in [-0.4, -0.2) is 58.9 Å². The number of fused-ring (bicyclic) bond motifs is 1. The van der Waals surface area contributed by atoms with Gasteiger partial charge in [0.1, 0.15) is 26.7 Å². The summed E-state index contributed by atoms with van der Waals surface area (Å²) in [7, 11) is 1.60. The summed E-state index contributed by atoms with van der Waals surface area (Å²) in [5.74, 6) is 0.686. The Hall–Kier alpha value is -1.78. The summed E-state index contributed by atoms with van der Waals surface area (Å²) >= 11 is 14.2. The molecule has 152 valence electrons. The number of carbonyl (C=O) groups is 1. The Morgan fingerprint density at radius 3 is 2.66 bits per heavy atom. The van der Waals surface area contributed by atoms with Gasteiger partial charge in [-0.2, -0.15) is 5.10 Å². The molecule has 0 bridgehead atoms. The molecular weight excluding hydrogens is 528 g/mol. The fraction of sp³-hybridized carbons (Fsp3) is 0.316. The molecule has 0 radical (unpaired) electrons. The molecule has 1 aromatic carbocycles. The Morgan fingerprint density at radius 1 is 1.17 bits per heavy atom. The highest BCUT2D eigenvalue weighted by Crippen LogP contribution is 2.30. The molecule has 2 aromatic heterocycles. The molecule has 0 unspecified atom stereocenters. The zero-order valence-electron chi connectivity index (χ0n) is 15.6. The number of aromatic nitrogens is 3. The lowest BCUT2D eigenvalue weighted by Crippen LogP contribution is -2.49. The van der Waals surface area contributed by atoms with Gasteiger partial charge in [0, 0.05) is 37.9 Å². The van der Waals surface area contributed by atoms with Crippen LogP contribution in [0.4, 0.5) is 5.69 Å². The van der Waals surface area contributed by atoms with Crippen molar-refractivity contribution in [3.8, 4) is 5.75 Å². The van der Waals surface area contributed by atoms with Crippen molar-refractivity contribution in [1.29, 1.82) is 0 Å². The van der Waals surface area contributed by atoms with Gasteiger partial charge >= 0.3 is 0 Å². The van der Waals surface area contributed by atoms with E-state index in [-0.39, 0.29) is 12.5 Å². The number of hydrogen-bond donors (Lipinski definition) is 0. The van der Waals surface area contributed by atoms with Gasteiger partial charge in [0.15, 0.2) is 0 Å². The average Bonchev–Trinajstić information content (AvgIpc) is 3.03. The minimum atomic E-state index is 0.0362. The van der Waals surface area contributed by atoms with Crippen molar-refractivity contribution >= 4 is 68.4 Å². The Kier molecular flexibility index (Phi) is 6.03. The van der Waals surface area contributed by atoms with E-state index in [1.54, 1.807) is 17.9 Å². The van der Waals surface area contributed by atoms with E-state index in [1.807, 2.05) is 29.2 Å². The second kappa shape index (κ2) is 8.53. The number of amides is 1. The molecule has 3 heterocycles. The number of piperazine rings is 1. The van der Waals surface area contributed by atoms with Crippen LogP contribution < -0.4 is 9.64 Å². The van der Waals surface area contributed by atoms with Crippen molar-refractivity contribution in [2.75, 3.05) is 38.2 Å². The number of carbonyl (C=O) groups excluding carboxylic acids is 1. The average molecular weight is 546 g/mol. The normalized spacial score (nSPS) is 14.5. The Morgan fingerprint density at radius 2 is 1.93 bits per heavy atom. The highest BCUT2D eigenvalue weighted by atomic mass is 127. The van der Waals surface area contributed by atoms with E-state index in [9.17, 15) is 4.79 Å². The first-order valence-corrected chi connectivity index (χ1v) is 10.8. The van der Waals surface area contributed by atoms with E-state index in [2.05, 4.69) is 37.6 Å². The largest absolute Gasteiger partial charge is 0.495 e. The molecule has 0 N–H and O–H groups in total. The van der Waals surface area contributed by atoms with E-state index in [0.29, 0.717) is 34.5 Å². The molecule has 4 rings (SSSR count). The number of hydrogen-bond acceptors (Lipinski definition) is 5. The lowest BCUT2D eigenvalue weighted by molar-refractivity contribution is -0.132. The van der Waals surface area contributed by atoms with Crippen LogP contribution in [0.3, 0.4) is 0 Å². The first-order chi connectivity index (χ1) is 14.0. The quantitative estimate of drug-likeness (QED) is 0.369. The summed E-state index contributed by atoms with van der Waals surface area (Å²) in [4.78, 5) is 21.2. The predicted octanol–water partition coefficient (Wildman–Crippen LogP) is 3.70. The zero-order chi connectivity index (χ0) is 20.5. The first-order valence-electron chi connectivity index (χ1n) is 9.01. The summed E-state index contributed by atoms with van der Waals surface area (Å²) in [5, 5.41) is 5.45. The molecule has 7 nitrogen and oxygen atoms in total. The van der Waals surface area contributed by atoms with E-state index < -0.39 is 0 Å². The summed E-state index contributed by atoms with van der Waals surface area (Å²) < 4.78 is 7.72. The Labute approximate surface area is 191 Å². The summed E-state index contributed by atoms with van der Waals surface area (Å²) in [6, 6.07) is 9.28. The number of anilines is 1. The first kappa shape index (κ1) is 20.5. The third-order valence-electron chi connectivity index (χ3n) is 4.94. The van der Waals surface area contributed by atoms with Gasteiger partial charge in [-0.05, 0) is 46.9 Å². The summed E-state index contributed by atoms with van der Waals surface area (Å²) in [6.45, 7) is 2.95. The van der Waals surface area contributed by atoms with Crippen LogP contribution in [0.5, 0.6) is 5.75 Å². The molecule has 1 saturated heterocycles. The highest BCUT2D eigenvalue weighted by molar-refractivity contribution is 14.1. The maximum atomic E-state index is 12.8. The Bertz CT molecular complexity index is 1070. The highest BCUT2D eigenvalue weighted by Gasteiger charge is 2.23. The van der Waals surface area contributed by atoms with Crippen molar-refractivity contribution in [3.05, 3.63) is 44.2 Å². The van der Waals surface area contributed by atoms with Gasteiger partial charge in [-0.1, -0.05) is 23.2 Å². The molecule has 1 aliphatic heterocycles. The van der Waals surface area contributed by atoms with Crippen molar-refractivity contribution < 1.29 is 9.53 Å². The standard InChI is InChI=1S/C19H18Cl2IN5O2/c1-29-15-10-12(2-3-13(15)20)25-6-8-26(9-7-25)17(28)11-27-14-4-5-16(21)23-18(14)19(22)24-27/h2-5,10H,6-9,11H2,1H3. The number of ether oxygens (including phenoxy) is 1.